The maximum Gasteiger partial charge on any atom is 0.304 e. The Morgan fingerprint density at radius 3 is 3.00 bits per heavy atom. The fourth-order valence-corrected chi connectivity index (χ4v) is 1.92. The fourth-order valence-electron chi connectivity index (χ4n) is 1.23. The van der Waals surface area contributed by atoms with Gasteiger partial charge in [0.05, 0.1) is 6.42 Å². The SMILES string of the molecule is O=C(O)CCSc1nnc(-c2cccc(F)c2)o1. The van der Waals surface area contributed by atoms with Crippen LogP contribution in [0.4, 0.5) is 4.39 Å². The number of nitrogens with zero attached hydrogens (tertiary/aromatic N) is 2. The van der Waals surface area contributed by atoms with Crippen LogP contribution in [-0.4, -0.2) is 27.0 Å². The van der Waals surface area contributed by atoms with Gasteiger partial charge in [-0.25, -0.2) is 4.39 Å². The van der Waals surface area contributed by atoms with Gasteiger partial charge in [0.2, 0.25) is 5.89 Å². The molecule has 0 saturated carbocycles. The number of benzene rings is 1. The zero-order chi connectivity index (χ0) is 13.0. The number of aromatic nitrogens is 2. The summed E-state index contributed by atoms with van der Waals surface area (Å²) < 4.78 is 18.3. The van der Waals surface area contributed by atoms with Crippen molar-refractivity contribution in [3.05, 3.63) is 30.1 Å². The van der Waals surface area contributed by atoms with Crippen LogP contribution in [0.2, 0.25) is 0 Å². The zero-order valence-corrected chi connectivity index (χ0v) is 9.98. The standard InChI is InChI=1S/C11H9FN2O3S/c12-8-3-1-2-7(6-8)10-13-14-11(17-10)18-5-4-9(15)16/h1-3,6H,4-5H2,(H,15,16). The molecule has 0 aliphatic carbocycles. The first-order valence-electron chi connectivity index (χ1n) is 5.09. The highest BCUT2D eigenvalue weighted by atomic mass is 32.2. The van der Waals surface area contributed by atoms with Crippen molar-refractivity contribution in [3.63, 3.8) is 0 Å². The molecule has 0 bridgehead atoms. The lowest BCUT2D eigenvalue weighted by Crippen LogP contribution is -1.95. The molecule has 0 amide bonds. The monoisotopic (exact) mass is 268 g/mol. The normalized spacial score (nSPS) is 10.5. The van der Waals surface area contributed by atoms with Gasteiger partial charge in [0.15, 0.2) is 0 Å². The Bertz CT molecular complexity index is 559. The lowest BCUT2D eigenvalue weighted by molar-refractivity contribution is -0.136. The second-order valence-corrected chi connectivity index (χ2v) is 4.42. The summed E-state index contributed by atoms with van der Waals surface area (Å²) in [5.74, 6) is -0.703. The Balaban J connectivity index is 2.04. The minimum atomic E-state index is -0.882. The lowest BCUT2D eigenvalue weighted by atomic mass is 10.2. The first-order valence-corrected chi connectivity index (χ1v) is 6.08. The van der Waals surface area contributed by atoms with Gasteiger partial charge >= 0.3 is 5.97 Å². The molecule has 0 aliphatic heterocycles. The molecule has 0 fully saturated rings. The van der Waals surface area contributed by atoms with E-state index in [4.69, 9.17) is 9.52 Å². The highest BCUT2D eigenvalue weighted by Crippen LogP contribution is 2.23. The minimum Gasteiger partial charge on any atom is -0.481 e. The molecular weight excluding hydrogens is 259 g/mol. The third-order valence-electron chi connectivity index (χ3n) is 2.02. The molecule has 0 spiro atoms. The summed E-state index contributed by atoms with van der Waals surface area (Å²) in [6, 6.07) is 5.82. The van der Waals surface area contributed by atoms with E-state index in [-0.39, 0.29) is 23.4 Å². The molecular formula is C11H9FN2O3S. The van der Waals surface area contributed by atoms with Crippen molar-refractivity contribution >= 4 is 17.7 Å². The van der Waals surface area contributed by atoms with Gasteiger partial charge in [-0.15, -0.1) is 10.2 Å². The quantitative estimate of drug-likeness (QED) is 0.839. The second kappa shape index (κ2) is 5.63. The number of thioether (sulfide) groups is 1. The zero-order valence-electron chi connectivity index (χ0n) is 9.17. The third-order valence-corrected chi connectivity index (χ3v) is 2.84. The van der Waals surface area contributed by atoms with Crippen LogP contribution in [0.1, 0.15) is 6.42 Å². The van der Waals surface area contributed by atoms with Crippen molar-refractivity contribution in [2.45, 2.75) is 11.6 Å². The Hall–Kier alpha value is -1.89. The molecule has 1 aromatic carbocycles. The third kappa shape index (κ3) is 3.30. The molecule has 1 heterocycles. The molecule has 5 nitrogen and oxygen atoms in total. The largest absolute Gasteiger partial charge is 0.481 e. The van der Waals surface area contributed by atoms with Crippen molar-refractivity contribution in [1.82, 2.24) is 10.2 Å². The topological polar surface area (TPSA) is 76.2 Å². The summed E-state index contributed by atoms with van der Waals surface area (Å²) in [7, 11) is 0. The van der Waals surface area contributed by atoms with Gasteiger partial charge in [-0.1, -0.05) is 17.8 Å². The van der Waals surface area contributed by atoms with E-state index in [2.05, 4.69) is 10.2 Å². The molecule has 2 aromatic rings. The number of aliphatic carboxylic acids is 1. The molecule has 7 heteroatoms. The fraction of sp³-hybridized carbons (Fsp3) is 0.182. The highest BCUT2D eigenvalue weighted by Gasteiger charge is 2.10. The van der Waals surface area contributed by atoms with Crippen LogP contribution in [-0.2, 0) is 4.79 Å². The van der Waals surface area contributed by atoms with Crippen LogP contribution in [0.3, 0.4) is 0 Å². The van der Waals surface area contributed by atoms with Crippen LogP contribution in [0.15, 0.2) is 33.9 Å². The molecule has 0 atom stereocenters. The number of hydrogen-bond acceptors (Lipinski definition) is 5. The van der Waals surface area contributed by atoms with Crippen LogP contribution in [0.25, 0.3) is 11.5 Å². The van der Waals surface area contributed by atoms with E-state index in [1.54, 1.807) is 12.1 Å². The minimum absolute atomic E-state index is 0.0162. The van der Waals surface area contributed by atoms with E-state index in [0.717, 1.165) is 11.8 Å². The summed E-state index contributed by atoms with van der Waals surface area (Å²) in [5, 5.41) is 16.3. The molecule has 0 saturated heterocycles. The van der Waals surface area contributed by atoms with Gasteiger partial charge in [-0.3, -0.25) is 4.79 Å². The number of carboxylic acids is 1. The Morgan fingerprint density at radius 2 is 2.28 bits per heavy atom. The molecule has 0 unspecified atom stereocenters. The van der Waals surface area contributed by atoms with Gasteiger partial charge in [0.1, 0.15) is 5.82 Å². The molecule has 94 valence electrons. The van der Waals surface area contributed by atoms with Crippen molar-refractivity contribution < 1.29 is 18.7 Å². The van der Waals surface area contributed by atoms with Gasteiger partial charge in [0.25, 0.3) is 5.22 Å². The first-order chi connectivity index (χ1) is 8.65. The number of halogens is 1. The predicted octanol–water partition coefficient (Wildman–Crippen LogP) is 2.44. The Morgan fingerprint density at radius 1 is 1.44 bits per heavy atom. The Kier molecular flexibility index (Phi) is 3.93. The smallest absolute Gasteiger partial charge is 0.304 e. The van der Waals surface area contributed by atoms with E-state index in [9.17, 15) is 9.18 Å². The van der Waals surface area contributed by atoms with Crippen molar-refractivity contribution in [1.29, 1.82) is 0 Å². The Labute approximate surface area is 106 Å². The molecule has 0 aliphatic rings. The molecule has 2 rings (SSSR count). The van der Waals surface area contributed by atoms with Crippen LogP contribution in [0, 0.1) is 5.82 Å². The van der Waals surface area contributed by atoms with E-state index in [0.29, 0.717) is 11.3 Å². The van der Waals surface area contributed by atoms with E-state index in [1.165, 1.54) is 12.1 Å². The molecule has 18 heavy (non-hydrogen) atoms. The lowest BCUT2D eigenvalue weighted by Gasteiger charge is -1.94. The van der Waals surface area contributed by atoms with Gasteiger partial charge < -0.3 is 9.52 Å². The summed E-state index contributed by atoms with van der Waals surface area (Å²) in [6.07, 6.45) is 0.0162. The van der Waals surface area contributed by atoms with Crippen molar-refractivity contribution in [3.8, 4) is 11.5 Å². The van der Waals surface area contributed by atoms with Gasteiger partial charge in [-0.2, -0.15) is 0 Å². The second-order valence-electron chi connectivity index (χ2n) is 3.38. The maximum atomic E-state index is 13.0. The van der Waals surface area contributed by atoms with Crippen LogP contribution < -0.4 is 0 Å². The number of hydrogen-bond donors (Lipinski definition) is 1. The van der Waals surface area contributed by atoms with Gasteiger partial charge in [0, 0.05) is 11.3 Å². The van der Waals surface area contributed by atoms with Gasteiger partial charge in [-0.05, 0) is 18.2 Å². The first kappa shape index (κ1) is 12.6. The van der Waals surface area contributed by atoms with E-state index in [1.807, 2.05) is 0 Å². The highest BCUT2D eigenvalue weighted by molar-refractivity contribution is 7.99. The summed E-state index contributed by atoms with van der Waals surface area (Å²) in [5.41, 5.74) is 0.493. The average Bonchev–Trinajstić information content (AvgIpc) is 2.77. The van der Waals surface area contributed by atoms with E-state index < -0.39 is 5.97 Å². The average molecular weight is 268 g/mol. The number of rotatable bonds is 5. The summed E-state index contributed by atoms with van der Waals surface area (Å²) >= 11 is 1.15. The number of carbonyl (C=O) groups is 1. The molecule has 0 radical (unpaired) electrons. The molecule has 1 aromatic heterocycles. The molecule has 1 N–H and O–H groups in total. The van der Waals surface area contributed by atoms with Crippen molar-refractivity contribution in [2.75, 3.05) is 5.75 Å². The maximum absolute atomic E-state index is 13.0. The summed E-state index contributed by atoms with van der Waals surface area (Å²) in [4.78, 5) is 10.3. The van der Waals surface area contributed by atoms with E-state index >= 15 is 0 Å². The van der Waals surface area contributed by atoms with Crippen molar-refractivity contribution in [2.24, 2.45) is 0 Å². The van der Waals surface area contributed by atoms with Crippen LogP contribution in [0.5, 0.6) is 0 Å². The predicted molar refractivity (Wildman–Crippen MR) is 62.7 cm³/mol. The van der Waals surface area contributed by atoms with Crippen LogP contribution >= 0.6 is 11.8 Å². The number of carboxylic acid groups (broad SMARTS) is 1. The summed E-state index contributed by atoms with van der Waals surface area (Å²) in [6.45, 7) is 0.